The zero-order valence-electron chi connectivity index (χ0n) is 15.9. The van der Waals surface area contributed by atoms with Gasteiger partial charge in [0.15, 0.2) is 6.54 Å². The van der Waals surface area contributed by atoms with Crippen LogP contribution in [0.15, 0.2) is 54.6 Å². The van der Waals surface area contributed by atoms with Gasteiger partial charge in [0.05, 0.1) is 6.54 Å². The number of benzene rings is 2. The third-order valence-electron chi connectivity index (χ3n) is 4.95. The minimum atomic E-state index is -0.238. The number of thioether (sulfide) groups is 1. The number of amides is 1. The Kier molecular flexibility index (Phi) is 7.30. The Bertz CT molecular complexity index is 723. The van der Waals surface area contributed by atoms with Gasteiger partial charge >= 0.3 is 0 Å². The molecule has 1 aliphatic rings. The number of nitrogens with zero attached hydrogens (tertiary/aromatic N) is 1. The van der Waals surface area contributed by atoms with Crippen LogP contribution in [0.25, 0.3) is 0 Å². The summed E-state index contributed by atoms with van der Waals surface area (Å²) in [7, 11) is 0. The van der Waals surface area contributed by atoms with E-state index in [0.29, 0.717) is 6.54 Å². The summed E-state index contributed by atoms with van der Waals surface area (Å²) >= 11 is 1.76. The van der Waals surface area contributed by atoms with Gasteiger partial charge in [-0.15, -0.1) is 11.8 Å². The number of nitrogens with one attached hydrogen (secondary N) is 1. The molecule has 2 aromatic rings. The molecule has 0 spiro atoms. The average Bonchev–Trinajstić information content (AvgIpc) is 3.17. The maximum atomic E-state index is 13.2. The Morgan fingerprint density at radius 1 is 1.19 bits per heavy atom. The van der Waals surface area contributed by atoms with Crippen molar-refractivity contribution in [2.45, 2.75) is 31.7 Å². The van der Waals surface area contributed by atoms with Crippen LogP contribution in [0.4, 0.5) is 4.39 Å². The molecular weight excluding hydrogens is 359 g/mol. The third kappa shape index (κ3) is 5.56. The van der Waals surface area contributed by atoms with Crippen molar-refractivity contribution >= 4 is 17.7 Å². The van der Waals surface area contributed by atoms with Gasteiger partial charge < -0.3 is 9.80 Å². The molecule has 2 aromatic carbocycles. The summed E-state index contributed by atoms with van der Waals surface area (Å²) in [5, 5.41) is 0.00208. The highest BCUT2D eigenvalue weighted by Crippen LogP contribution is 2.37. The monoisotopic (exact) mass is 387 g/mol. The lowest BCUT2D eigenvalue weighted by molar-refractivity contribution is -0.906. The van der Waals surface area contributed by atoms with Crippen LogP contribution < -0.4 is 4.90 Å². The molecule has 1 aliphatic heterocycles. The van der Waals surface area contributed by atoms with Crippen molar-refractivity contribution in [1.29, 1.82) is 0 Å². The van der Waals surface area contributed by atoms with Crippen molar-refractivity contribution in [1.82, 2.24) is 4.90 Å². The molecule has 0 aliphatic carbocycles. The van der Waals surface area contributed by atoms with E-state index in [4.69, 9.17) is 0 Å². The largest absolute Gasteiger partial charge is 0.323 e. The van der Waals surface area contributed by atoms with Crippen molar-refractivity contribution in [2.75, 3.05) is 25.4 Å². The molecule has 1 heterocycles. The van der Waals surface area contributed by atoms with Crippen LogP contribution in [0.3, 0.4) is 0 Å². The van der Waals surface area contributed by atoms with Gasteiger partial charge in [0.25, 0.3) is 5.91 Å². The normalized spacial score (nSPS) is 17.9. The van der Waals surface area contributed by atoms with E-state index in [1.165, 1.54) is 22.6 Å². The van der Waals surface area contributed by atoms with Crippen molar-refractivity contribution < 1.29 is 14.1 Å². The molecule has 27 heavy (non-hydrogen) atoms. The first-order valence-electron chi connectivity index (χ1n) is 9.71. The highest BCUT2D eigenvalue weighted by atomic mass is 32.2. The summed E-state index contributed by atoms with van der Waals surface area (Å²) in [4.78, 5) is 16.4. The second-order valence-corrected chi connectivity index (χ2v) is 8.24. The summed E-state index contributed by atoms with van der Waals surface area (Å²) in [5.41, 5.74) is 2.27. The highest BCUT2D eigenvalue weighted by molar-refractivity contribution is 7.99. The Hall–Kier alpha value is -1.85. The van der Waals surface area contributed by atoms with Crippen LogP contribution in [0.5, 0.6) is 0 Å². The lowest BCUT2D eigenvalue weighted by atomic mass is 10.2. The molecule has 1 unspecified atom stereocenters. The van der Waals surface area contributed by atoms with E-state index >= 15 is 0 Å². The molecule has 1 amide bonds. The van der Waals surface area contributed by atoms with E-state index in [1.807, 2.05) is 11.0 Å². The maximum Gasteiger partial charge on any atom is 0.278 e. The van der Waals surface area contributed by atoms with Crippen LogP contribution in [0.1, 0.15) is 36.3 Å². The van der Waals surface area contributed by atoms with Gasteiger partial charge in [-0.05, 0) is 24.1 Å². The molecule has 144 valence electrons. The Balaban J connectivity index is 1.67. The minimum Gasteiger partial charge on any atom is -0.323 e. The quantitative estimate of drug-likeness (QED) is 0.752. The van der Waals surface area contributed by atoms with Gasteiger partial charge in [-0.2, -0.15) is 0 Å². The van der Waals surface area contributed by atoms with Crippen LogP contribution >= 0.6 is 11.8 Å². The van der Waals surface area contributed by atoms with E-state index in [1.54, 1.807) is 23.9 Å². The lowest BCUT2D eigenvalue weighted by Crippen LogP contribution is -3.12. The SMILES string of the molecule is CCCC[NH+](CC(=O)N1CCS[C@@H]1c1ccc(F)cc1)Cc1ccccc1. The number of carbonyl (C=O) groups is 1. The molecule has 1 fully saturated rings. The van der Waals surface area contributed by atoms with Crippen LogP contribution in [-0.2, 0) is 11.3 Å². The lowest BCUT2D eigenvalue weighted by Gasteiger charge is -2.27. The van der Waals surface area contributed by atoms with Gasteiger partial charge in [-0.1, -0.05) is 55.8 Å². The maximum absolute atomic E-state index is 13.2. The van der Waals surface area contributed by atoms with E-state index < -0.39 is 0 Å². The summed E-state index contributed by atoms with van der Waals surface area (Å²) in [6, 6.07) is 16.9. The number of unbranched alkanes of at least 4 members (excludes halogenated alkanes) is 1. The Morgan fingerprint density at radius 2 is 1.93 bits per heavy atom. The zero-order valence-corrected chi connectivity index (χ0v) is 16.7. The average molecular weight is 388 g/mol. The fraction of sp³-hybridized carbons (Fsp3) is 0.409. The molecule has 0 radical (unpaired) electrons. The summed E-state index contributed by atoms with van der Waals surface area (Å²) in [6.45, 7) is 5.32. The fourth-order valence-corrected chi connectivity index (χ4v) is 4.77. The predicted molar refractivity (Wildman–Crippen MR) is 109 cm³/mol. The standard InChI is InChI=1S/C22H27FN2OS/c1-2-3-13-24(16-18-7-5-4-6-8-18)17-21(26)25-14-15-27-22(25)19-9-11-20(23)12-10-19/h4-12,22H,2-3,13-17H2,1H3/p+1/t22-/m1/s1. The van der Waals surface area contributed by atoms with Gasteiger partial charge in [-0.25, -0.2) is 4.39 Å². The van der Waals surface area contributed by atoms with Crippen molar-refractivity contribution in [3.8, 4) is 0 Å². The highest BCUT2D eigenvalue weighted by Gasteiger charge is 2.32. The molecule has 0 aromatic heterocycles. The molecule has 0 bridgehead atoms. The second-order valence-electron chi connectivity index (χ2n) is 7.05. The molecule has 3 nitrogen and oxygen atoms in total. The van der Waals surface area contributed by atoms with Crippen molar-refractivity contribution in [3.05, 3.63) is 71.5 Å². The van der Waals surface area contributed by atoms with Gasteiger partial charge in [0.1, 0.15) is 17.7 Å². The zero-order chi connectivity index (χ0) is 19.1. The van der Waals surface area contributed by atoms with E-state index in [9.17, 15) is 9.18 Å². The van der Waals surface area contributed by atoms with Gasteiger partial charge in [-0.3, -0.25) is 4.79 Å². The first-order chi connectivity index (χ1) is 13.2. The van der Waals surface area contributed by atoms with Crippen molar-refractivity contribution in [2.24, 2.45) is 0 Å². The predicted octanol–water partition coefficient (Wildman–Crippen LogP) is 3.28. The first kappa shape index (κ1) is 19.9. The minimum absolute atomic E-state index is 0.00208. The molecule has 1 N–H and O–H groups in total. The second kappa shape index (κ2) is 9.90. The topological polar surface area (TPSA) is 24.8 Å². The van der Waals surface area contributed by atoms with Crippen LogP contribution in [0, 0.1) is 5.82 Å². The molecule has 5 heteroatoms. The van der Waals surface area contributed by atoms with E-state index in [0.717, 1.165) is 43.8 Å². The number of hydrogen-bond donors (Lipinski definition) is 1. The molecule has 1 saturated heterocycles. The Labute approximate surface area is 165 Å². The number of carbonyl (C=O) groups excluding carboxylic acids is 1. The number of hydrogen-bond acceptors (Lipinski definition) is 2. The van der Waals surface area contributed by atoms with Crippen molar-refractivity contribution in [3.63, 3.8) is 0 Å². The summed E-state index contributed by atoms with van der Waals surface area (Å²) in [6.07, 6.45) is 2.25. The molecular formula is C22H28FN2OS+. The molecule has 0 saturated carbocycles. The number of halogens is 1. The van der Waals surface area contributed by atoms with E-state index in [2.05, 4.69) is 31.2 Å². The third-order valence-corrected chi connectivity index (χ3v) is 6.21. The van der Waals surface area contributed by atoms with Crippen LogP contribution in [-0.4, -0.2) is 36.2 Å². The number of rotatable bonds is 8. The summed E-state index contributed by atoms with van der Waals surface area (Å²) in [5.74, 6) is 0.880. The Morgan fingerprint density at radius 3 is 2.63 bits per heavy atom. The first-order valence-corrected chi connectivity index (χ1v) is 10.8. The molecule has 3 rings (SSSR count). The van der Waals surface area contributed by atoms with Crippen LogP contribution in [0.2, 0.25) is 0 Å². The summed E-state index contributed by atoms with van der Waals surface area (Å²) < 4.78 is 13.2. The van der Waals surface area contributed by atoms with E-state index in [-0.39, 0.29) is 17.1 Å². The smallest absolute Gasteiger partial charge is 0.278 e. The molecule has 2 atom stereocenters. The van der Waals surface area contributed by atoms with Gasteiger partial charge in [0.2, 0.25) is 0 Å². The van der Waals surface area contributed by atoms with Gasteiger partial charge in [0, 0.05) is 17.9 Å². The fourth-order valence-electron chi connectivity index (χ4n) is 3.49. The number of quaternary nitrogens is 1.